The Morgan fingerprint density at radius 3 is 3.00 bits per heavy atom. The predicted octanol–water partition coefficient (Wildman–Crippen LogP) is 1.68. The van der Waals surface area contributed by atoms with E-state index in [1.54, 1.807) is 12.4 Å². The maximum atomic E-state index is 10.2. The molecule has 3 rings (SSSR count). The fraction of sp³-hybridized carbons (Fsp3) is 0.583. The number of aromatic nitrogens is 1. The van der Waals surface area contributed by atoms with E-state index in [-0.39, 0.29) is 12.0 Å². The molecule has 80 valence electrons. The van der Waals surface area contributed by atoms with Crippen molar-refractivity contribution < 1.29 is 9.84 Å². The van der Waals surface area contributed by atoms with Crippen molar-refractivity contribution in [2.24, 2.45) is 5.92 Å². The summed E-state index contributed by atoms with van der Waals surface area (Å²) < 4.78 is 5.75. The van der Waals surface area contributed by atoms with Crippen molar-refractivity contribution in [2.75, 3.05) is 0 Å². The van der Waals surface area contributed by atoms with E-state index < -0.39 is 6.10 Å². The van der Waals surface area contributed by atoms with Gasteiger partial charge in [0, 0.05) is 18.3 Å². The molecule has 0 aliphatic carbocycles. The molecule has 1 aromatic rings. The number of hydrogen-bond acceptors (Lipinski definition) is 3. The molecule has 0 amide bonds. The van der Waals surface area contributed by atoms with Gasteiger partial charge in [0.05, 0.1) is 18.3 Å². The van der Waals surface area contributed by atoms with Crippen molar-refractivity contribution >= 4 is 0 Å². The summed E-state index contributed by atoms with van der Waals surface area (Å²) in [5.74, 6) is 0.271. The Morgan fingerprint density at radius 2 is 2.40 bits per heavy atom. The number of pyridine rings is 1. The summed E-state index contributed by atoms with van der Waals surface area (Å²) in [5, 5.41) is 10.2. The molecular formula is C12H15NO2. The molecule has 0 aromatic carbocycles. The Labute approximate surface area is 89.1 Å². The molecule has 2 fully saturated rings. The van der Waals surface area contributed by atoms with E-state index in [0.717, 1.165) is 18.4 Å². The maximum Gasteiger partial charge on any atom is 0.0858 e. The molecule has 15 heavy (non-hydrogen) atoms. The molecule has 2 aliphatic rings. The van der Waals surface area contributed by atoms with Crippen molar-refractivity contribution in [3.05, 3.63) is 30.1 Å². The standard InChI is InChI=1S/C12H15NO2/c14-12(8-2-1-5-13-7-8)10-6-9-3-4-11(10)15-9/h1-2,5,7,9-12,14H,3-4,6H2. The smallest absolute Gasteiger partial charge is 0.0858 e. The summed E-state index contributed by atoms with van der Waals surface area (Å²) in [4.78, 5) is 4.04. The van der Waals surface area contributed by atoms with Gasteiger partial charge < -0.3 is 9.84 Å². The third-order valence-electron chi connectivity index (χ3n) is 3.58. The Bertz CT molecular complexity index is 341. The van der Waals surface area contributed by atoms with E-state index in [1.807, 2.05) is 12.1 Å². The molecule has 2 aliphatic heterocycles. The Balaban J connectivity index is 1.78. The van der Waals surface area contributed by atoms with Crippen LogP contribution in [0.2, 0.25) is 0 Å². The molecular weight excluding hydrogens is 190 g/mol. The number of aliphatic hydroxyl groups excluding tert-OH is 1. The minimum atomic E-state index is -0.408. The molecule has 0 spiro atoms. The summed E-state index contributed by atoms with van der Waals surface area (Å²) in [6.45, 7) is 0. The van der Waals surface area contributed by atoms with Crippen LogP contribution in [0.3, 0.4) is 0 Å². The van der Waals surface area contributed by atoms with Gasteiger partial charge >= 0.3 is 0 Å². The lowest BCUT2D eigenvalue weighted by atomic mass is 9.83. The molecule has 1 aromatic heterocycles. The summed E-state index contributed by atoms with van der Waals surface area (Å²) in [6.07, 6.45) is 7.00. The minimum Gasteiger partial charge on any atom is -0.388 e. The topological polar surface area (TPSA) is 42.4 Å². The van der Waals surface area contributed by atoms with Crippen LogP contribution in [-0.2, 0) is 4.74 Å². The first kappa shape index (κ1) is 9.31. The molecule has 3 nitrogen and oxygen atoms in total. The van der Waals surface area contributed by atoms with Gasteiger partial charge in [-0.15, -0.1) is 0 Å². The number of rotatable bonds is 2. The van der Waals surface area contributed by atoms with Crippen molar-refractivity contribution in [1.29, 1.82) is 0 Å². The molecule has 4 unspecified atom stereocenters. The van der Waals surface area contributed by atoms with Gasteiger partial charge in [-0.2, -0.15) is 0 Å². The summed E-state index contributed by atoms with van der Waals surface area (Å²) >= 11 is 0. The zero-order valence-electron chi connectivity index (χ0n) is 8.54. The fourth-order valence-electron chi connectivity index (χ4n) is 2.81. The molecule has 2 saturated heterocycles. The number of fused-ring (bicyclic) bond motifs is 2. The second kappa shape index (κ2) is 3.58. The Morgan fingerprint density at radius 1 is 1.47 bits per heavy atom. The lowest BCUT2D eigenvalue weighted by Crippen LogP contribution is -2.23. The summed E-state index contributed by atoms with van der Waals surface area (Å²) in [5.41, 5.74) is 0.915. The number of hydrogen-bond donors (Lipinski definition) is 1. The molecule has 2 bridgehead atoms. The van der Waals surface area contributed by atoms with Crippen LogP contribution >= 0.6 is 0 Å². The van der Waals surface area contributed by atoms with Crippen LogP contribution in [0.5, 0.6) is 0 Å². The van der Waals surface area contributed by atoms with E-state index in [9.17, 15) is 5.11 Å². The van der Waals surface area contributed by atoms with Gasteiger partial charge in [0.1, 0.15) is 0 Å². The van der Waals surface area contributed by atoms with Gasteiger partial charge in [0.15, 0.2) is 0 Å². The van der Waals surface area contributed by atoms with E-state index in [1.165, 1.54) is 6.42 Å². The fourth-order valence-corrected chi connectivity index (χ4v) is 2.81. The highest BCUT2D eigenvalue weighted by Gasteiger charge is 2.44. The SMILES string of the molecule is OC(c1cccnc1)C1CC2CCC1O2. The summed E-state index contributed by atoms with van der Waals surface area (Å²) in [6, 6.07) is 3.80. The van der Waals surface area contributed by atoms with Crippen molar-refractivity contribution in [3.63, 3.8) is 0 Å². The van der Waals surface area contributed by atoms with Gasteiger partial charge in [-0.25, -0.2) is 0 Å². The predicted molar refractivity (Wildman–Crippen MR) is 55.2 cm³/mol. The zero-order valence-corrected chi connectivity index (χ0v) is 8.54. The lowest BCUT2D eigenvalue weighted by molar-refractivity contribution is 0.0421. The monoisotopic (exact) mass is 205 g/mol. The average molecular weight is 205 g/mol. The number of nitrogens with zero attached hydrogens (tertiary/aromatic N) is 1. The second-order valence-electron chi connectivity index (χ2n) is 4.50. The maximum absolute atomic E-state index is 10.2. The van der Waals surface area contributed by atoms with E-state index >= 15 is 0 Å². The average Bonchev–Trinajstić information content (AvgIpc) is 2.91. The highest BCUT2D eigenvalue weighted by molar-refractivity contribution is 5.14. The van der Waals surface area contributed by atoms with Crippen molar-refractivity contribution in [1.82, 2.24) is 4.98 Å². The normalized spacial score (nSPS) is 35.7. The molecule has 4 atom stereocenters. The first-order chi connectivity index (χ1) is 7.34. The first-order valence-electron chi connectivity index (χ1n) is 5.58. The van der Waals surface area contributed by atoms with Gasteiger partial charge in [-0.1, -0.05) is 6.07 Å². The van der Waals surface area contributed by atoms with Gasteiger partial charge in [-0.3, -0.25) is 4.98 Å². The van der Waals surface area contributed by atoms with Crippen LogP contribution in [0.25, 0.3) is 0 Å². The number of ether oxygens (including phenoxy) is 1. The quantitative estimate of drug-likeness (QED) is 0.798. The molecule has 0 radical (unpaired) electrons. The first-order valence-corrected chi connectivity index (χ1v) is 5.58. The third kappa shape index (κ3) is 1.56. The van der Waals surface area contributed by atoms with Gasteiger partial charge in [0.25, 0.3) is 0 Å². The van der Waals surface area contributed by atoms with Crippen molar-refractivity contribution in [3.8, 4) is 0 Å². The van der Waals surface area contributed by atoms with Crippen LogP contribution in [0.4, 0.5) is 0 Å². The Kier molecular flexibility index (Phi) is 2.22. The van der Waals surface area contributed by atoms with E-state index in [4.69, 9.17) is 4.74 Å². The minimum absolute atomic E-state index is 0.269. The molecule has 0 saturated carbocycles. The second-order valence-corrected chi connectivity index (χ2v) is 4.50. The van der Waals surface area contributed by atoms with Crippen molar-refractivity contribution in [2.45, 2.75) is 37.6 Å². The molecule has 1 N–H and O–H groups in total. The van der Waals surface area contributed by atoms with Crippen LogP contribution < -0.4 is 0 Å². The lowest BCUT2D eigenvalue weighted by Gasteiger charge is -2.24. The number of aliphatic hydroxyl groups is 1. The highest BCUT2D eigenvalue weighted by atomic mass is 16.5. The van der Waals surface area contributed by atoms with Crippen LogP contribution in [-0.4, -0.2) is 22.3 Å². The van der Waals surface area contributed by atoms with Gasteiger partial charge in [0.2, 0.25) is 0 Å². The van der Waals surface area contributed by atoms with Crippen LogP contribution in [0.15, 0.2) is 24.5 Å². The largest absolute Gasteiger partial charge is 0.388 e. The van der Waals surface area contributed by atoms with Crippen LogP contribution in [0, 0.1) is 5.92 Å². The highest BCUT2D eigenvalue weighted by Crippen LogP contribution is 2.44. The third-order valence-corrected chi connectivity index (χ3v) is 3.58. The van der Waals surface area contributed by atoms with Crippen LogP contribution in [0.1, 0.15) is 30.9 Å². The Hall–Kier alpha value is -0.930. The summed E-state index contributed by atoms with van der Waals surface area (Å²) in [7, 11) is 0. The molecule has 3 heteroatoms. The van der Waals surface area contributed by atoms with Gasteiger partial charge in [-0.05, 0) is 30.9 Å². The zero-order chi connectivity index (χ0) is 10.3. The molecule has 3 heterocycles. The van der Waals surface area contributed by atoms with E-state index in [0.29, 0.717) is 6.10 Å². The van der Waals surface area contributed by atoms with E-state index in [2.05, 4.69) is 4.98 Å².